The van der Waals surface area contributed by atoms with Crippen LogP contribution in [0.1, 0.15) is 13.8 Å². The molecule has 0 atom stereocenters. The van der Waals surface area contributed by atoms with Gasteiger partial charge in [-0.1, -0.05) is 6.08 Å². The van der Waals surface area contributed by atoms with E-state index in [1.54, 1.807) is 27.4 Å². The van der Waals surface area contributed by atoms with Crippen molar-refractivity contribution in [2.24, 2.45) is 0 Å². The molecule has 0 aliphatic heterocycles. The third-order valence-electron chi connectivity index (χ3n) is 2.31. The number of hydrogen-bond donors (Lipinski definition) is 0. The molecule has 5 nitrogen and oxygen atoms in total. The van der Waals surface area contributed by atoms with Gasteiger partial charge in [0.2, 0.25) is 0 Å². The summed E-state index contributed by atoms with van der Waals surface area (Å²) in [6.07, 6.45) is 1.74. The maximum atomic E-state index is 5.39. The van der Waals surface area contributed by atoms with Crippen LogP contribution in [-0.4, -0.2) is 51.9 Å². The maximum absolute atomic E-state index is 5.39. The summed E-state index contributed by atoms with van der Waals surface area (Å²) in [4.78, 5) is 0. The Labute approximate surface area is 120 Å². The van der Waals surface area contributed by atoms with Crippen molar-refractivity contribution in [3.05, 3.63) is 12.7 Å². The predicted octanol–water partition coefficient (Wildman–Crippen LogP) is 2.81. The molecule has 0 bridgehead atoms. The fourth-order valence-electron chi connectivity index (χ4n) is 1.41. The summed E-state index contributed by atoms with van der Waals surface area (Å²) < 4.78 is 26.1. The second-order valence-corrected chi connectivity index (χ2v) is 10.4. The minimum Gasteiger partial charge on any atom is -0.395 e. The quantitative estimate of drug-likeness (QED) is 0.484. The molecular formula is C12H30O5Si2. The first kappa shape index (κ1) is 21.3. The molecule has 0 N–H and O–H groups in total. The van der Waals surface area contributed by atoms with Gasteiger partial charge in [0, 0.05) is 40.6 Å². The van der Waals surface area contributed by atoms with E-state index < -0.39 is 17.4 Å². The summed E-state index contributed by atoms with van der Waals surface area (Å²) >= 11 is 0. The molecule has 0 fully saturated rings. The van der Waals surface area contributed by atoms with Gasteiger partial charge in [-0.05, 0) is 26.9 Å². The number of hydrogen-bond acceptors (Lipinski definition) is 5. The van der Waals surface area contributed by atoms with E-state index in [9.17, 15) is 0 Å². The Kier molecular flexibility index (Phi) is 13.2. The predicted molar refractivity (Wildman–Crippen MR) is 82.5 cm³/mol. The molecule has 0 amide bonds. The lowest BCUT2D eigenvalue weighted by Crippen LogP contribution is -2.41. The Morgan fingerprint density at radius 1 is 0.895 bits per heavy atom. The molecule has 0 saturated heterocycles. The van der Waals surface area contributed by atoms with Crippen molar-refractivity contribution in [1.82, 2.24) is 0 Å². The van der Waals surface area contributed by atoms with Crippen molar-refractivity contribution < 1.29 is 22.1 Å². The van der Waals surface area contributed by atoms with Crippen LogP contribution in [0.4, 0.5) is 0 Å². The molecule has 0 unspecified atom stereocenters. The average Bonchev–Trinajstić information content (AvgIpc) is 2.37. The summed E-state index contributed by atoms with van der Waals surface area (Å²) in [5.41, 5.74) is 0. The van der Waals surface area contributed by atoms with Crippen LogP contribution < -0.4 is 0 Å². The van der Waals surface area contributed by atoms with Gasteiger partial charge in [-0.15, -0.1) is 6.58 Å². The van der Waals surface area contributed by atoms with Crippen LogP contribution in [0.25, 0.3) is 0 Å². The molecule has 0 aliphatic carbocycles. The van der Waals surface area contributed by atoms with E-state index >= 15 is 0 Å². The van der Waals surface area contributed by atoms with Gasteiger partial charge in [-0.25, -0.2) is 0 Å². The minimum atomic E-state index is -2.34. The summed E-state index contributed by atoms with van der Waals surface area (Å²) in [5, 5.41) is 0. The Balaban J connectivity index is 0. The van der Waals surface area contributed by atoms with Gasteiger partial charge in [0.1, 0.15) is 0 Å². The van der Waals surface area contributed by atoms with E-state index in [1.807, 2.05) is 13.8 Å². The normalized spacial score (nSPS) is 11.7. The fraction of sp³-hybridized carbons (Fsp3) is 0.833. The highest BCUT2D eigenvalue weighted by atomic mass is 28.4. The summed E-state index contributed by atoms with van der Waals surface area (Å²) in [6, 6.07) is 0.649. The minimum absolute atomic E-state index is 0.649. The Morgan fingerprint density at radius 3 is 1.42 bits per heavy atom. The van der Waals surface area contributed by atoms with Crippen LogP contribution in [0, 0.1) is 0 Å². The molecule has 0 spiro atoms. The summed E-state index contributed by atoms with van der Waals surface area (Å²) in [5.74, 6) is 0. The summed E-state index contributed by atoms with van der Waals surface area (Å²) in [7, 11) is 0.719. The molecule has 0 aromatic carbocycles. The standard InChI is InChI=1S/C6H14O3Si.C6H16O2Si/c1-5-6-10(7-2,8-3)9-4;1-5-7-9(3,4)8-6-2/h5H,1,6H2,2-4H3;5-6H2,1-4H3. The van der Waals surface area contributed by atoms with E-state index in [4.69, 9.17) is 22.1 Å². The van der Waals surface area contributed by atoms with Crippen LogP contribution in [0.3, 0.4) is 0 Å². The zero-order valence-corrected chi connectivity index (χ0v) is 15.4. The van der Waals surface area contributed by atoms with E-state index in [2.05, 4.69) is 19.7 Å². The van der Waals surface area contributed by atoms with Crippen molar-refractivity contribution in [2.75, 3.05) is 34.5 Å². The molecule has 0 radical (unpaired) electrons. The van der Waals surface area contributed by atoms with Crippen molar-refractivity contribution in [1.29, 1.82) is 0 Å². The van der Waals surface area contributed by atoms with E-state index in [0.717, 1.165) is 13.2 Å². The zero-order valence-electron chi connectivity index (χ0n) is 13.4. The highest BCUT2D eigenvalue weighted by molar-refractivity contribution is 6.64. The molecule has 116 valence electrons. The van der Waals surface area contributed by atoms with Crippen molar-refractivity contribution in [3.8, 4) is 0 Å². The Hall–Kier alpha value is -0.0262. The first-order valence-corrected chi connectivity index (χ1v) is 11.2. The SMILES string of the molecule is C=CC[Si](OC)(OC)OC.CCO[Si](C)(C)OCC. The van der Waals surface area contributed by atoms with Gasteiger partial charge in [-0.2, -0.15) is 0 Å². The fourth-order valence-corrected chi connectivity index (χ4v) is 4.24. The highest BCUT2D eigenvalue weighted by Crippen LogP contribution is 2.11. The molecule has 0 rings (SSSR count). The molecule has 7 heteroatoms. The molecule has 0 heterocycles. The van der Waals surface area contributed by atoms with Crippen molar-refractivity contribution >= 4 is 17.4 Å². The molecule has 0 aliphatic rings. The first-order chi connectivity index (χ1) is 8.86. The Bertz CT molecular complexity index is 204. The lowest BCUT2D eigenvalue weighted by atomic mass is 10.8. The third-order valence-corrected chi connectivity index (χ3v) is 6.93. The smallest absolute Gasteiger partial charge is 0.395 e. The number of rotatable bonds is 9. The van der Waals surface area contributed by atoms with Gasteiger partial charge in [0.05, 0.1) is 0 Å². The average molecular weight is 311 g/mol. The molecule has 0 aromatic heterocycles. The second-order valence-electron chi connectivity index (χ2n) is 4.05. The highest BCUT2D eigenvalue weighted by Gasteiger charge is 2.35. The molecule has 19 heavy (non-hydrogen) atoms. The zero-order chi connectivity index (χ0) is 15.4. The van der Waals surface area contributed by atoms with Crippen LogP contribution in [0.15, 0.2) is 12.7 Å². The maximum Gasteiger partial charge on any atom is 0.504 e. The molecule has 0 aromatic rings. The monoisotopic (exact) mass is 310 g/mol. The van der Waals surface area contributed by atoms with Gasteiger partial charge in [0.25, 0.3) is 0 Å². The third kappa shape index (κ3) is 10.4. The van der Waals surface area contributed by atoms with E-state index in [0.29, 0.717) is 6.04 Å². The van der Waals surface area contributed by atoms with E-state index in [-0.39, 0.29) is 0 Å². The molecule has 0 saturated carbocycles. The van der Waals surface area contributed by atoms with Crippen LogP contribution >= 0.6 is 0 Å². The van der Waals surface area contributed by atoms with Crippen molar-refractivity contribution in [3.63, 3.8) is 0 Å². The number of allylic oxidation sites excluding steroid dienone is 1. The van der Waals surface area contributed by atoms with E-state index in [1.165, 1.54) is 0 Å². The van der Waals surface area contributed by atoms with Gasteiger partial charge in [0.15, 0.2) is 0 Å². The van der Waals surface area contributed by atoms with Gasteiger partial charge < -0.3 is 22.1 Å². The first-order valence-electron chi connectivity index (χ1n) is 6.41. The second kappa shape index (κ2) is 11.8. The lowest BCUT2D eigenvalue weighted by Gasteiger charge is -2.22. The lowest BCUT2D eigenvalue weighted by molar-refractivity contribution is 0.127. The Morgan fingerprint density at radius 2 is 1.26 bits per heavy atom. The topological polar surface area (TPSA) is 46.2 Å². The van der Waals surface area contributed by atoms with Gasteiger partial charge >= 0.3 is 17.4 Å². The largest absolute Gasteiger partial charge is 0.504 e. The summed E-state index contributed by atoms with van der Waals surface area (Å²) in [6.45, 7) is 13.2. The van der Waals surface area contributed by atoms with Crippen molar-refractivity contribution in [2.45, 2.75) is 33.0 Å². The molecular weight excluding hydrogens is 280 g/mol. The van der Waals surface area contributed by atoms with Crippen LogP contribution in [0.2, 0.25) is 19.1 Å². The van der Waals surface area contributed by atoms with Gasteiger partial charge in [-0.3, -0.25) is 0 Å². The van der Waals surface area contributed by atoms with Crippen LogP contribution in [-0.2, 0) is 22.1 Å². The van der Waals surface area contributed by atoms with Crippen LogP contribution in [0.5, 0.6) is 0 Å².